The lowest BCUT2D eigenvalue weighted by molar-refractivity contribution is -0.117. The van der Waals surface area contributed by atoms with E-state index in [1.54, 1.807) is 31.7 Å². The molecule has 6 heterocycles. The van der Waals surface area contributed by atoms with E-state index in [1.165, 1.54) is 11.3 Å². The van der Waals surface area contributed by atoms with E-state index in [1.807, 2.05) is 57.2 Å². The standard InChI is InChI=1S/C30H27N7O2S/c1-16(38)25-5-6-26(40-25)29-19-11-23(35-21(19)7-8-32-29)28-20-10-22(33-15-24(20)36-37-28)17-9-18(14-31-13-17)34-27(39)12-30(2,3)4/h5-11,13-15,35H,12H2,1-4H3,(H,34,39)(H,36,37). The topological polar surface area (TPSA) is 129 Å². The summed E-state index contributed by atoms with van der Waals surface area (Å²) in [5.41, 5.74) is 6.12. The van der Waals surface area contributed by atoms with Crippen molar-refractivity contribution in [3.63, 3.8) is 0 Å². The summed E-state index contributed by atoms with van der Waals surface area (Å²) in [5, 5.41) is 12.4. The molecule has 0 saturated heterocycles. The number of amides is 1. The maximum Gasteiger partial charge on any atom is 0.224 e. The first-order valence-electron chi connectivity index (χ1n) is 12.8. The van der Waals surface area contributed by atoms with Crippen LogP contribution in [0.2, 0.25) is 0 Å². The molecule has 9 nitrogen and oxygen atoms in total. The summed E-state index contributed by atoms with van der Waals surface area (Å²) < 4.78 is 0. The van der Waals surface area contributed by atoms with E-state index in [9.17, 15) is 9.59 Å². The van der Waals surface area contributed by atoms with Gasteiger partial charge >= 0.3 is 0 Å². The van der Waals surface area contributed by atoms with E-state index in [-0.39, 0.29) is 17.1 Å². The number of nitrogens with zero attached hydrogens (tertiary/aromatic N) is 4. The second-order valence-electron chi connectivity index (χ2n) is 11.0. The summed E-state index contributed by atoms with van der Waals surface area (Å²) in [6.45, 7) is 7.65. The number of H-pyrrole nitrogens is 2. The van der Waals surface area contributed by atoms with E-state index in [4.69, 9.17) is 0 Å². The number of carbonyl (C=O) groups is 2. The molecule has 0 aromatic carbocycles. The number of hydrogen-bond acceptors (Lipinski definition) is 7. The zero-order valence-corrected chi connectivity index (χ0v) is 23.3. The molecule has 6 rings (SSSR count). The van der Waals surface area contributed by atoms with Crippen LogP contribution in [0.1, 0.15) is 43.8 Å². The van der Waals surface area contributed by atoms with Crippen molar-refractivity contribution in [1.82, 2.24) is 30.1 Å². The number of carbonyl (C=O) groups excluding carboxylic acids is 2. The van der Waals surface area contributed by atoms with E-state index >= 15 is 0 Å². The molecular formula is C30H27N7O2S. The third-order valence-electron chi connectivity index (χ3n) is 6.45. The molecule has 0 bridgehead atoms. The second-order valence-corrected chi connectivity index (χ2v) is 12.0. The quantitative estimate of drug-likeness (QED) is 0.194. The van der Waals surface area contributed by atoms with Crippen LogP contribution in [0.15, 0.2) is 61.2 Å². The Morgan fingerprint density at radius 1 is 0.950 bits per heavy atom. The highest BCUT2D eigenvalue weighted by atomic mass is 32.1. The van der Waals surface area contributed by atoms with Gasteiger partial charge in [0.1, 0.15) is 5.69 Å². The van der Waals surface area contributed by atoms with Gasteiger partial charge in [-0.25, -0.2) is 0 Å². The van der Waals surface area contributed by atoms with Crippen LogP contribution in [-0.2, 0) is 4.79 Å². The molecule has 0 aliphatic heterocycles. The van der Waals surface area contributed by atoms with Crippen molar-refractivity contribution in [3.05, 3.63) is 66.1 Å². The van der Waals surface area contributed by atoms with Crippen LogP contribution in [-0.4, -0.2) is 41.8 Å². The SMILES string of the molecule is CC(=O)c1ccc(-c2nccc3[nH]c(-c4n[nH]c5cnc(-c6cncc(NC(=O)CC(C)(C)C)c6)cc45)cc23)s1. The number of pyridine rings is 3. The number of aromatic amines is 2. The van der Waals surface area contributed by atoms with Crippen molar-refractivity contribution >= 4 is 50.5 Å². The molecule has 0 radical (unpaired) electrons. The molecule has 0 atom stereocenters. The van der Waals surface area contributed by atoms with Gasteiger partial charge in [0, 0.05) is 40.7 Å². The zero-order chi connectivity index (χ0) is 28.0. The first kappa shape index (κ1) is 25.6. The van der Waals surface area contributed by atoms with Crippen LogP contribution in [0, 0.1) is 5.41 Å². The minimum absolute atomic E-state index is 0.0404. The lowest BCUT2D eigenvalue weighted by atomic mass is 9.92. The number of fused-ring (bicyclic) bond motifs is 2. The molecule has 3 N–H and O–H groups in total. The fourth-order valence-electron chi connectivity index (χ4n) is 4.65. The molecule has 0 spiro atoms. The largest absolute Gasteiger partial charge is 0.353 e. The van der Waals surface area contributed by atoms with Crippen molar-refractivity contribution in [2.45, 2.75) is 34.1 Å². The molecule has 0 saturated carbocycles. The zero-order valence-electron chi connectivity index (χ0n) is 22.5. The Bertz CT molecular complexity index is 1910. The highest BCUT2D eigenvalue weighted by Gasteiger charge is 2.18. The van der Waals surface area contributed by atoms with Crippen LogP contribution in [0.25, 0.3) is 55.0 Å². The summed E-state index contributed by atoms with van der Waals surface area (Å²) >= 11 is 1.44. The lowest BCUT2D eigenvalue weighted by Crippen LogP contribution is -2.19. The normalized spacial score (nSPS) is 11.8. The van der Waals surface area contributed by atoms with E-state index < -0.39 is 0 Å². The molecular weight excluding hydrogens is 522 g/mol. The molecule has 200 valence electrons. The molecule has 6 aromatic rings. The maximum atomic E-state index is 12.4. The van der Waals surface area contributed by atoms with Gasteiger partial charge in [-0.1, -0.05) is 20.8 Å². The Kier molecular flexibility index (Phi) is 6.26. The number of thiophene rings is 1. The third kappa shape index (κ3) is 5.01. The number of nitrogens with one attached hydrogen (secondary N) is 3. The lowest BCUT2D eigenvalue weighted by Gasteiger charge is -2.17. The number of aromatic nitrogens is 6. The Hall–Kier alpha value is -4.70. The Balaban J connectivity index is 1.36. The number of ketones is 1. The van der Waals surface area contributed by atoms with Gasteiger partial charge in [0.05, 0.1) is 50.4 Å². The molecule has 0 unspecified atom stereocenters. The maximum absolute atomic E-state index is 12.4. The van der Waals surface area contributed by atoms with Gasteiger partial charge in [-0.3, -0.25) is 29.6 Å². The Morgan fingerprint density at radius 3 is 2.55 bits per heavy atom. The predicted octanol–water partition coefficient (Wildman–Crippen LogP) is 6.87. The molecule has 1 amide bonds. The van der Waals surface area contributed by atoms with Crippen LogP contribution in [0.5, 0.6) is 0 Å². The summed E-state index contributed by atoms with van der Waals surface area (Å²) in [7, 11) is 0. The van der Waals surface area contributed by atoms with E-state index in [2.05, 4.69) is 35.5 Å². The van der Waals surface area contributed by atoms with Gasteiger partial charge in [-0.05, 0) is 48.7 Å². The average Bonchev–Trinajstić information content (AvgIpc) is 3.65. The van der Waals surface area contributed by atoms with Crippen molar-refractivity contribution in [2.24, 2.45) is 5.41 Å². The number of hydrogen-bond donors (Lipinski definition) is 3. The van der Waals surface area contributed by atoms with Crippen molar-refractivity contribution in [2.75, 3.05) is 5.32 Å². The van der Waals surface area contributed by atoms with Crippen molar-refractivity contribution in [1.29, 1.82) is 0 Å². The molecule has 0 fully saturated rings. The molecule has 0 aliphatic carbocycles. The predicted molar refractivity (Wildman–Crippen MR) is 158 cm³/mol. The van der Waals surface area contributed by atoms with Gasteiger partial charge in [-0.15, -0.1) is 11.3 Å². The fourth-order valence-corrected chi connectivity index (χ4v) is 5.56. The number of anilines is 1. The average molecular weight is 550 g/mol. The highest BCUT2D eigenvalue weighted by molar-refractivity contribution is 7.17. The highest BCUT2D eigenvalue weighted by Crippen LogP contribution is 2.36. The first-order chi connectivity index (χ1) is 19.1. The molecule has 6 aromatic heterocycles. The molecule has 10 heteroatoms. The molecule has 0 aliphatic rings. The first-order valence-corrected chi connectivity index (χ1v) is 13.6. The number of rotatable bonds is 6. The third-order valence-corrected chi connectivity index (χ3v) is 7.64. The van der Waals surface area contributed by atoms with Crippen molar-refractivity contribution in [3.8, 4) is 33.2 Å². The van der Waals surface area contributed by atoms with Crippen LogP contribution in [0.3, 0.4) is 0 Å². The second kappa shape index (κ2) is 9.80. The van der Waals surface area contributed by atoms with Crippen LogP contribution >= 0.6 is 11.3 Å². The van der Waals surface area contributed by atoms with Crippen LogP contribution < -0.4 is 5.32 Å². The van der Waals surface area contributed by atoms with Gasteiger partial charge in [0.15, 0.2) is 5.78 Å². The van der Waals surface area contributed by atoms with Gasteiger partial charge in [0.2, 0.25) is 5.91 Å². The fraction of sp³-hybridized carbons (Fsp3) is 0.200. The van der Waals surface area contributed by atoms with E-state index in [0.717, 1.165) is 49.3 Å². The summed E-state index contributed by atoms with van der Waals surface area (Å²) in [5.74, 6) is -0.0154. The van der Waals surface area contributed by atoms with Crippen molar-refractivity contribution < 1.29 is 9.59 Å². The van der Waals surface area contributed by atoms with Gasteiger partial charge in [0.25, 0.3) is 0 Å². The monoisotopic (exact) mass is 549 g/mol. The number of Topliss-reactive ketones (excluding diaryl/α,β-unsaturated/α-hetero) is 1. The van der Waals surface area contributed by atoms with Gasteiger partial charge < -0.3 is 10.3 Å². The Morgan fingerprint density at radius 2 is 1.77 bits per heavy atom. The van der Waals surface area contributed by atoms with Crippen LogP contribution in [0.4, 0.5) is 5.69 Å². The molecule has 40 heavy (non-hydrogen) atoms. The minimum atomic E-state index is -0.111. The van der Waals surface area contributed by atoms with E-state index in [0.29, 0.717) is 22.7 Å². The Labute approximate surface area is 234 Å². The summed E-state index contributed by atoms with van der Waals surface area (Å²) in [6, 6.07) is 11.6. The smallest absolute Gasteiger partial charge is 0.224 e. The van der Waals surface area contributed by atoms with Gasteiger partial charge in [-0.2, -0.15) is 5.10 Å². The minimum Gasteiger partial charge on any atom is -0.353 e. The summed E-state index contributed by atoms with van der Waals surface area (Å²) in [6.07, 6.45) is 7.28. The summed E-state index contributed by atoms with van der Waals surface area (Å²) in [4.78, 5) is 42.9.